The quantitative estimate of drug-likeness (QED) is 0.461. The minimum Gasteiger partial charge on any atom is -0.302 e. The topological polar surface area (TPSA) is 64.4 Å². The molecule has 0 aromatic heterocycles. The SMILES string of the molecule is CCONCc1cccc([N+](=O)[O-])c1F. The monoisotopic (exact) mass is 214 g/mol. The Hall–Kier alpha value is -1.53. The number of halogens is 1. The van der Waals surface area contributed by atoms with E-state index in [0.717, 1.165) is 6.07 Å². The predicted molar refractivity (Wildman–Crippen MR) is 51.5 cm³/mol. The summed E-state index contributed by atoms with van der Waals surface area (Å²) in [4.78, 5) is 14.5. The van der Waals surface area contributed by atoms with Crippen LogP contribution in [0, 0.1) is 15.9 Å². The number of nitrogens with one attached hydrogen (secondary N) is 1. The van der Waals surface area contributed by atoms with E-state index >= 15 is 0 Å². The van der Waals surface area contributed by atoms with Gasteiger partial charge in [-0.05, 0) is 6.92 Å². The van der Waals surface area contributed by atoms with Crippen molar-refractivity contribution in [3.8, 4) is 0 Å². The van der Waals surface area contributed by atoms with Crippen LogP contribution < -0.4 is 5.48 Å². The molecule has 1 aromatic rings. The molecule has 5 nitrogen and oxygen atoms in total. The van der Waals surface area contributed by atoms with Gasteiger partial charge in [0.25, 0.3) is 0 Å². The highest BCUT2D eigenvalue weighted by molar-refractivity contribution is 5.36. The molecular weight excluding hydrogens is 203 g/mol. The van der Waals surface area contributed by atoms with E-state index in [9.17, 15) is 14.5 Å². The molecule has 0 saturated carbocycles. The van der Waals surface area contributed by atoms with Crippen LogP contribution in [0.2, 0.25) is 0 Å². The average Bonchev–Trinajstić information content (AvgIpc) is 2.20. The van der Waals surface area contributed by atoms with Gasteiger partial charge in [0.1, 0.15) is 0 Å². The average molecular weight is 214 g/mol. The first-order chi connectivity index (χ1) is 7.16. The fourth-order valence-electron chi connectivity index (χ4n) is 1.07. The van der Waals surface area contributed by atoms with Gasteiger partial charge in [-0.25, -0.2) is 0 Å². The lowest BCUT2D eigenvalue weighted by molar-refractivity contribution is -0.387. The Kier molecular flexibility index (Phi) is 4.14. The lowest BCUT2D eigenvalue weighted by Gasteiger charge is -2.04. The molecular formula is C9H11FN2O3. The summed E-state index contributed by atoms with van der Waals surface area (Å²) in [6.07, 6.45) is 0. The summed E-state index contributed by atoms with van der Waals surface area (Å²) < 4.78 is 13.4. The number of nitrogens with zero attached hydrogens (tertiary/aromatic N) is 1. The van der Waals surface area contributed by atoms with Gasteiger partial charge in [-0.1, -0.05) is 12.1 Å². The Morgan fingerprint density at radius 1 is 1.60 bits per heavy atom. The van der Waals surface area contributed by atoms with Crippen molar-refractivity contribution in [2.75, 3.05) is 6.61 Å². The van der Waals surface area contributed by atoms with E-state index < -0.39 is 16.4 Å². The maximum absolute atomic E-state index is 13.4. The van der Waals surface area contributed by atoms with E-state index in [1.165, 1.54) is 12.1 Å². The number of hydroxylamine groups is 1. The summed E-state index contributed by atoms with van der Waals surface area (Å²) in [5.41, 5.74) is 2.18. The highest BCUT2D eigenvalue weighted by atomic mass is 19.1. The summed E-state index contributed by atoms with van der Waals surface area (Å²) >= 11 is 0. The van der Waals surface area contributed by atoms with Crippen molar-refractivity contribution in [3.05, 3.63) is 39.7 Å². The second-order valence-corrected chi connectivity index (χ2v) is 2.76. The van der Waals surface area contributed by atoms with Crippen LogP contribution in [-0.4, -0.2) is 11.5 Å². The summed E-state index contributed by atoms with van der Waals surface area (Å²) in [5.74, 6) is -0.824. The molecule has 0 aliphatic heterocycles. The van der Waals surface area contributed by atoms with E-state index in [-0.39, 0.29) is 12.1 Å². The molecule has 0 aliphatic carbocycles. The predicted octanol–water partition coefficient (Wildman–Crippen LogP) is 1.78. The number of nitro groups is 1. The zero-order chi connectivity index (χ0) is 11.3. The van der Waals surface area contributed by atoms with Crippen molar-refractivity contribution in [3.63, 3.8) is 0 Å². The van der Waals surface area contributed by atoms with Crippen LogP contribution in [0.25, 0.3) is 0 Å². The first-order valence-corrected chi connectivity index (χ1v) is 4.43. The molecule has 0 atom stereocenters. The van der Waals surface area contributed by atoms with Crippen molar-refractivity contribution in [1.29, 1.82) is 0 Å². The van der Waals surface area contributed by atoms with Crippen molar-refractivity contribution in [2.45, 2.75) is 13.5 Å². The molecule has 0 fully saturated rings. The summed E-state index contributed by atoms with van der Waals surface area (Å²) in [6.45, 7) is 2.31. The second-order valence-electron chi connectivity index (χ2n) is 2.76. The van der Waals surface area contributed by atoms with Crippen LogP contribution in [0.1, 0.15) is 12.5 Å². The zero-order valence-corrected chi connectivity index (χ0v) is 8.20. The molecule has 15 heavy (non-hydrogen) atoms. The van der Waals surface area contributed by atoms with Gasteiger partial charge in [0.05, 0.1) is 11.5 Å². The summed E-state index contributed by atoms with van der Waals surface area (Å²) in [5, 5.41) is 10.4. The van der Waals surface area contributed by atoms with Gasteiger partial charge < -0.3 is 4.84 Å². The maximum atomic E-state index is 13.4. The van der Waals surface area contributed by atoms with Crippen molar-refractivity contribution in [1.82, 2.24) is 5.48 Å². The minimum absolute atomic E-state index is 0.0986. The van der Waals surface area contributed by atoms with Crippen LogP contribution in [0.4, 0.5) is 10.1 Å². The number of nitro benzene ring substituents is 1. The van der Waals surface area contributed by atoms with Crippen LogP contribution in [-0.2, 0) is 11.4 Å². The zero-order valence-electron chi connectivity index (χ0n) is 8.20. The van der Waals surface area contributed by atoms with Crippen molar-refractivity contribution >= 4 is 5.69 Å². The highest BCUT2D eigenvalue weighted by Gasteiger charge is 2.16. The number of hydrogen-bond acceptors (Lipinski definition) is 4. The molecule has 0 saturated heterocycles. The lowest BCUT2D eigenvalue weighted by atomic mass is 10.2. The molecule has 1 aromatic carbocycles. The molecule has 1 N–H and O–H groups in total. The third-order valence-electron chi connectivity index (χ3n) is 1.76. The fraction of sp³-hybridized carbons (Fsp3) is 0.333. The Bertz CT molecular complexity index is 357. The Labute approximate surface area is 86.0 Å². The Morgan fingerprint density at radius 3 is 2.93 bits per heavy atom. The molecule has 0 radical (unpaired) electrons. The standard InChI is InChI=1S/C9H11FN2O3/c1-2-15-11-6-7-4-3-5-8(9(7)10)12(13)14/h3-5,11H,2,6H2,1H3. The first kappa shape index (κ1) is 11.5. The smallest absolute Gasteiger partial charge is 0.302 e. The van der Waals surface area contributed by atoms with E-state index in [1.807, 2.05) is 0 Å². The first-order valence-electron chi connectivity index (χ1n) is 4.43. The van der Waals surface area contributed by atoms with Crippen LogP contribution >= 0.6 is 0 Å². The van der Waals surface area contributed by atoms with E-state index in [0.29, 0.717) is 6.61 Å². The van der Waals surface area contributed by atoms with Gasteiger partial charge in [0, 0.05) is 18.2 Å². The van der Waals surface area contributed by atoms with Gasteiger partial charge in [-0.15, -0.1) is 0 Å². The van der Waals surface area contributed by atoms with E-state index in [2.05, 4.69) is 5.48 Å². The van der Waals surface area contributed by atoms with Gasteiger partial charge in [-0.2, -0.15) is 9.87 Å². The van der Waals surface area contributed by atoms with Crippen LogP contribution in [0.5, 0.6) is 0 Å². The maximum Gasteiger partial charge on any atom is 0.305 e. The Morgan fingerprint density at radius 2 is 2.33 bits per heavy atom. The molecule has 1 rings (SSSR count). The van der Waals surface area contributed by atoms with Crippen LogP contribution in [0.15, 0.2) is 18.2 Å². The number of benzene rings is 1. The van der Waals surface area contributed by atoms with Gasteiger partial charge in [0.2, 0.25) is 5.82 Å². The molecule has 6 heteroatoms. The van der Waals surface area contributed by atoms with Crippen molar-refractivity contribution in [2.24, 2.45) is 0 Å². The largest absolute Gasteiger partial charge is 0.305 e. The van der Waals surface area contributed by atoms with Gasteiger partial charge in [0.15, 0.2) is 0 Å². The number of hydrogen-bond donors (Lipinski definition) is 1. The molecule has 0 spiro atoms. The molecule has 0 bridgehead atoms. The summed E-state index contributed by atoms with van der Waals surface area (Å²) in [6, 6.07) is 4.03. The van der Waals surface area contributed by atoms with Gasteiger partial charge in [-0.3, -0.25) is 10.1 Å². The van der Waals surface area contributed by atoms with Crippen LogP contribution in [0.3, 0.4) is 0 Å². The highest BCUT2D eigenvalue weighted by Crippen LogP contribution is 2.19. The van der Waals surface area contributed by atoms with E-state index in [1.54, 1.807) is 6.92 Å². The molecule has 0 amide bonds. The molecule has 0 aliphatic rings. The second kappa shape index (κ2) is 5.38. The normalized spacial score (nSPS) is 10.3. The fourth-order valence-corrected chi connectivity index (χ4v) is 1.07. The van der Waals surface area contributed by atoms with E-state index in [4.69, 9.17) is 4.84 Å². The lowest BCUT2D eigenvalue weighted by Crippen LogP contribution is -2.15. The molecule has 0 unspecified atom stereocenters. The molecule has 82 valence electrons. The minimum atomic E-state index is -0.824. The summed E-state index contributed by atoms with van der Waals surface area (Å²) in [7, 11) is 0. The number of rotatable bonds is 5. The van der Waals surface area contributed by atoms with Crippen molar-refractivity contribution < 1.29 is 14.2 Å². The molecule has 0 heterocycles. The third kappa shape index (κ3) is 2.97. The Balaban J connectivity index is 2.80. The van der Waals surface area contributed by atoms with Gasteiger partial charge >= 0.3 is 5.69 Å². The third-order valence-corrected chi connectivity index (χ3v) is 1.76.